The normalized spacial score (nSPS) is 10.6. The fraction of sp³-hybridized carbons (Fsp3) is 0.400. The summed E-state index contributed by atoms with van der Waals surface area (Å²) >= 11 is 0. The van der Waals surface area contributed by atoms with Gasteiger partial charge in [-0.1, -0.05) is 0 Å². The highest BCUT2D eigenvalue weighted by Crippen LogP contribution is 2.36. The SMILES string of the molecule is CCNc1c(C)c(C)nc2cc(OC)c(OC)cc12. The lowest BCUT2D eigenvalue weighted by atomic mass is 10.1. The number of methoxy groups -OCH3 is 2. The van der Waals surface area contributed by atoms with E-state index < -0.39 is 0 Å². The summed E-state index contributed by atoms with van der Waals surface area (Å²) in [5.74, 6) is 1.42. The van der Waals surface area contributed by atoms with E-state index in [9.17, 15) is 0 Å². The van der Waals surface area contributed by atoms with Crippen molar-refractivity contribution in [1.29, 1.82) is 0 Å². The summed E-state index contributed by atoms with van der Waals surface area (Å²) in [6.45, 7) is 7.05. The molecule has 0 atom stereocenters. The first-order valence-electron chi connectivity index (χ1n) is 6.39. The van der Waals surface area contributed by atoms with Gasteiger partial charge < -0.3 is 14.8 Å². The van der Waals surface area contributed by atoms with Crippen LogP contribution in [0.25, 0.3) is 10.9 Å². The zero-order valence-corrected chi connectivity index (χ0v) is 12.1. The van der Waals surface area contributed by atoms with Gasteiger partial charge in [0.1, 0.15) is 0 Å². The molecule has 2 aromatic rings. The maximum Gasteiger partial charge on any atom is 0.162 e. The number of nitrogens with one attached hydrogen (secondary N) is 1. The van der Waals surface area contributed by atoms with Gasteiger partial charge in [0.25, 0.3) is 0 Å². The van der Waals surface area contributed by atoms with Crippen LogP contribution in [0.4, 0.5) is 5.69 Å². The molecule has 0 amide bonds. The van der Waals surface area contributed by atoms with Gasteiger partial charge in [-0.05, 0) is 32.4 Å². The third kappa shape index (κ3) is 2.30. The van der Waals surface area contributed by atoms with Crippen molar-refractivity contribution in [3.05, 3.63) is 23.4 Å². The Kier molecular flexibility index (Phi) is 3.79. The lowest BCUT2D eigenvalue weighted by Crippen LogP contribution is -2.03. The van der Waals surface area contributed by atoms with Crippen molar-refractivity contribution in [3.8, 4) is 11.5 Å². The molecule has 102 valence electrons. The second-order valence-corrected chi connectivity index (χ2v) is 4.45. The average Bonchev–Trinajstić information content (AvgIpc) is 2.42. The molecule has 1 N–H and O–H groups in total. The van der Waals surface area contributed by atoms with Crippen LogP contribution in [0.1, 0.15) is 18.2 Å². The minimum absolute atomic E-state index is 0.702. The van der Waals surface area contributed by atoms with E-state index in [-0.39, 0.29) is 0 Å². The number of benzene rings is 1. The molecule has 4 heteroatoms. The highest BCUT2D eigenvalue weighted by atomic mass is 16.5. The number of hydrogen-bond donors (Lipinski definition) is 1. The summed E-state index contributed by atoms with van der Waals surface area (Å²) in [4.78, 5) is 4.63. The quantitative estimate of drug-likeness (QED) is 0.916. The summed E-state index contributed by atoms with van der Waals surface area (Å²) < 4.78 is 10.7. The van der Waals surface area contributed by atoms with Gasteiger partial charge >= 0.3 is 0 Å². The van der Waals surface area contributed by atoms with Crippen LogP contribution in [0, 0.1) is 13.8 Å². The number of aromatic nitrogens is 1. The third-order valence-electron chi connectivity index (χ3n) is 3.33. The van der Waals surface area contributed by atoms with Crippen LogP contribution in [0.15, 0.2) is 12.1 Å². The third-order valence-corrected chi connectivity index (χ3v) is 3.33. The maximum absolute atomic E-state index is 5.37. The molecule has 0 aliphatic rings. The summed E-state index contributed by atoms with van der Waals surface area (Å²) in [6.07, 6.45) is 0. The van der Waals surface area contributed by atoms with Crippen LogP contribution in [0.3, 0.4) is 0 Å². The Morgan fingerprint density at radius 3 is 2.32 bits per heavy atom. The van der Waals surface area contributed by atoms with Crippen molar-refractivity contribution < 1.29 is 9.47 Å². The van der Waals surface area contributed by atoms with Crippen molar-refractivity contribution in [3.63, 3.8) is 0 Å². The minimum atomic E-state index is 0.702. The van der Waals surface area contributed by atoms with E-state index >= 15 is 0 Å². The Bertz CT molecular complexity index is 609. The molecule has 0 aliphatic carbocycles. The van der Waals surface area contributed by atoms with Crippen LogP contribution < -0.4 is 14.8 Å². The predicted octanol–water partition coefficient (Wildman–Crippen LogP) is 3.30. The zero-order valence-electron chi connectivity index (χ0n) is 12.1. The molecule has 0 aliphatic heterocycles. The number of ether oxygens (including phenoxy) is 2. The number of nitrogens with zero attached hydrogens (tertiary/aromatic N) is 1. The second-order valence-electron chi connectivity index (χ2n) is 4.45. The van der Waals surface area contributed by atoms with E-state index in [1.165, 1.54) is 5.56 Å². The number of hydrogen-bond acceptors (Lipinski definition) is 4. The zero-order chi connectivity index (χ0) is 14.0. The van der Waals surface area contributed by atoms with Gasteiger partial charge in [0.05, 0.1) is 19.7 Å². The predicted molar refractivity (Wildman–Crippen MR) is 78.5 cm³/mol. The highest BCUT2D eigenvalue weighted by molar-refractivity contribution is 5.95. The van der Waals surface area contributed by atoms with Crippen LogP contribution in [0.2, 0.25) is 0 Å². The Hall–Kier alpha value is -1.97. The van der Waals surface area contributed by atoms with Gasteiger partial charge in [0, 0.05) is 29.4 Å². The minimum Gasteiger partial charge on any atom is -0.493 e. The molecule has 4 nitrogen and oxygen atoms in total. The fourth-order valence-corrected chi connectivity index (χ4v) is 2.21. The Balaban J connectivity index is 2.79. The van der Waals surface area contributed by atoms with Gasteiger partial charge in [-0.3, -0.25) is 4.98 Å². The van der Waals surface area contributed by atoms with Gasteiger partial charge in [0.15, 0.2) is 11.5 Å². The number of aryl methyl sites for hydroxylation is 1. The van der Waals surface area contributed by atoms with Gasteiger partial charge in [-0.15, -0.1) is 0 Å². The molecule has 19 heavy (non-hydrogen) atoms. The van der Waals surface area contributed by atoms with E-state index in [1.54, 1.807) is 14.2 Å². The molecule has 1 heterocycles. The molecule has 2 rings (SSSR count). The molecule has 1 aromatic heterocycles. The molecular formula is C15H20N2O2. The van der Waals surface area contributed by atoms with Crippen LogP contribution in [-0.2, 0) is 0 Å². The lowest BCUT2D eigenvalue weighted by molar-refractivity contribution is 0.356. The highest BCUT2D eigenvalue weighted by Gasteiger charge is 2.13. The largest absolute Gasteiger partial charge is 0.493 e. The Morgan fingerprint density at radius 1 is 1.11 bits per heavy atom. The number of anilines is 1. The Labute approximate surface area is 113 Å². The summed E-state index contributed by atoms with van der Waals surface area (Å²) in [5.41, 5.74) is 4.22. The molecule has 0 saturated heterocycles. The van der Waals surface area contributed by atoms with E-state index in [2.05, 4.69) is 24.1 Å². The molecule has 0 unspecified atom stereocenters. The Morgan fingerprint density at radius 2 is 1.74 bits per heavy atom. The van der Waals surface area contributed by atoms with Crippen molar-refractivity contribution in [2.45, 2.75) is 20.8 Å². The topological polar surface area (TPSA) is 43.4 Å². The van der Waals surface area contributed by atoms with E-state index in [4.69, 9.17) is 9.47 Å². The smallest absolute Gasteiger partial charge is 0.162 e. The van der Waals surface area contributed by atoms with Crippen molar-refractivity contribution >= 4 is 16.6 Å². The first-order valence-corrected chi connectivity index (χ1v) is 6.39. The van der Waals surface area contributed by atoms with Crippen molar-refractivity contribution in [2.24, 2.45) is 0 Å². The first kappa shape index (κ1) is 13.5. The average molecular weight is 260 g/mol. The lowest BCUT2D eigenvalue weighted by Gasteiger charge is -2.16. The molecule has 0 spiro atoms. The summed E-state index contributed by atoms with van der Waals surface area (Å²) in [6, 6.07) is 3.90. The fourth-order valence-electron chi connectivity index (χ4n) is 2.21. The van der Waals surface area contributed by atoms with Gasteiger partial charge in [-0.2, -0.15) is 0 Å². The number of rotatable bonds is 4. The van der Waals surface area contributed by atoms with Crippen molar-refractivity contribution in [1.82, 2.24) is 4.98 Å². The van der Waals surface area contributed by atoms with E-state index in [0.717, 1.165) is 34.6 Å². The molecule has 0 bridgehead atoms. The van der Waals surface area contributed by atoms with Crippen LogP contribution in [0.5, 0.6) is 11.5 Å². The van der Waals surface area contributed by atoms with Gasteiger partial charge in [-0.25, -0.2) is 0 Å². The maximum atomic E-state index is 5.37. The standard InChI is InChI=1S/C15H20N2O2/c1-6-16-15-9(2)10(3)17-12-8-14(19-5)13(18-4)7-11(12)15/h7-8H,6H2,1-5H3,(H,16,17). The molecule has 0 fully saturated rings. The van der Waals surface area contributed by atoms with Crippen molar-refractivity contribution in [2.75, 3.05) is 26.1 Å². The van der Waals surface area contributed by atoms with Crippen LogP contribution >= 0.6 is 0 Å². The van der Waals surface area contributed by atoms with E-state index in [0.29, 0.717) is 5.75 Å². The monoisotopic (exact) mass is 260 g/mol. The molecule has 1 aromatic carbocycles. The molecule has 0 radical (unpaired) electrons. The summed E-state index contributed by atoms with van der Waals surface area (Å²) in [5, 5.41) is 4.47. The van der Waals surface area contributed by atoms with E-state index in [1.807, 2.05) is 19.1 Å². The molecular weight excluding hydrogens is 240 g/mol. The second kappa shape index (κ2) is 5.34. The summed E-state index contributed by atoms with van der Waals surface area (Å²) in [7, 11) is 3.28. The van der Waals surface area contributed by atoms with Gasteiger partial charge in [0.2, 0.25) is 0 Å². The van der Waals surface area contributed by atoms with Crippen LogP contribution in [-0.4, -0.2) is 25.7 Å². The molecule has 0 saturated carbocycles. The number of fused-ring (bicyclic) bond motifs is 1. The first-order chi connectivity index (χ1) is 9.12. The number of pyridine rings is 1.